The van der Waals surface area contributed by atoms with E-state index in [1.807, 2.05) is 31.2 Å². The number of fused-ring (bicyclic) bond motifs is 1. The van der Waals surface area contributed by atoms with Crippen LogP contribution >= 0.6 is 0 Å². The highest BCUT2D eigenvalue weighted by Gasteiger charge is 2.47. The molecule has 0 radical (unpaired) electrons. The fraction of sp³-hybridized carbons (Fsp3) is 0.241. The lowest BCUT2D eigenvalue weighted by Gasteiger charge is -2.26. The van der Waals surface area contributed by atoms with E-state index < -0.39 is 17.7 Å². The molecule has 7 nitrogen and oxygen atoms in total. The highest BCUT2D eigenvalue weighted by Crippen LogP contribution is 2.45. The van der Waals surface area contributed by atoms with Gasteiger partial charge in [-0.15, -0.1) is 0 Å². The monoisotopic (exact) mass is 485 g/mol. The first-order valence-corrected chi connectivity index (χ1v) is 11.9. The number of carbonyl (C=O) groups is 2. The number of carbonyl (C=O) groups excluding carboxylic acids is 2. The fourth-order valence-corrected chi connectivity index (χ4v) is 4.57. The van der Waals surface area contributed by atoms with E-state index in [1.165, 1.54) is 4.90 Å². The summed E-state index contributed by atoms with van der Waals surface area (Å²) in [5, 5.41) is 11.4. The Labute approximate surface area is 209 Å². The standard InChI is InChI=1S/C29H27NO6/c1-4-34-22-7-5-6-20(14-22)27(31)25-26(19-10-8-18(9-11-19)17(2)3)30(29(33)28(25)32)21-12-13-23-24(15-21)36-16-35-23/h5-15,17,26,31H,4,16H2,1-3H3/b27-25+. The summed E-state index contributed by atoms with van der Waals surface area (Å²) in [5.41, 5.74) is 2.72. The van der Waals surface area contributed by atoms with E-state index in [1.54, 1.807) is 42.5 Å². The highest BCUT2D eigenvalue weighted by molar-refractivity contribution is 6.51. The third kappa shape index (κ3) is 4.06. The summed E-state index contributed by atoms with van der Waals surface area (Å²) >= 11 is 0. The zero-order valence-electron chi connectivity index (χ0n) is 20.4. The Balaban J connectivity index is 1.67. The average molecular weight is 486 g/mol. The molecule has 0 saturated carbocycles. The normalized spacial score (nSPS) is 18.2. The Hall–Kier alpha value is -4.26. The first kappa shape index (κ1) is 23.5. The van der Waals surface area contributed by atoms with Gasteiger partial charge in [0.25, 0.3) is 11.7 Å². The lowest BCUT2D eigenvalue weighted by molar-refractivity contribution is -0.132. The molecule has 0 spiro atoms. The van der Waals surface area contributed by atoms with Crippen LogP contribution in [0.2, 0.25) is 0 Å². The largest absolute Gasteiger partial charge is 0.507 e. The number of nitrogens with zero attached hydrogens (tertiary/aromatic N) is 1. The zero-order valence-corrected chi connectivity index (χ0v) is 20.4. The summed E-state index contributed by atoms with van der Waals surface area (Å²) in [4.78, 5) is 28.2. The van der Waals surface area contributed by atoms with Crippen molar-refractivity contribution in [1.82, 2.24) is 0 Å². The molecular weight excluding hydrogens is 458 g/mol. The molecule has 3 aromatic carbocycles. The number of hydrogen-bond acceptors (Lipinski definition) is 6. The van der Waals surface area contributed by atoms with Gasteiger partial charge in [0.2, 0.25) is 6.79 Å². The smallest absolute Gasteiger partial charge is 0.300 e. The second kappa shape index (κ2) is 9.41. The molecule has 1 saturated heterocycles. The molecule has 2 aliphatic heterocycles. The van der Waals surface area contributed by atoms with E-state index in [9.17, 15) is 14.7 Å². The number of aliphatic hydroxyl groups is 1. The number of Topliss-reactive ketones (excluding diaryl/α,β-unsaturated/α-hetero) is 1. The van der Waals surface area contributed by atoms with Gasteiger partial charge in [-0.3, -0.25) is 14.5 Å². The van der Waals surface area contributed by atoms with E-state index in [-0.39, 0.29) is 18.1 Å². The molecule has 0 aromatic heterocycles. The van der Waals surface area contributed by atoms with Crippen LogP contribution in [0.25, 0.3) is 5.76 Å². The van der Waals surface area contributed by atoms with Gasteiger partial charge >= 0.3 is 0 Å². The zero-order chi connectivity index (χ0) is 25.4. The lowest BCUT2D eigenvalue weighted by atomic mass is 9.93. The Kier molecular flexibility index (Phi) is 6.14. The summed E-state index contributed by atoms with van der Waals surface area (Å²) in [6, 6.07) is 18.9. The molecule has 1 N–H and O–H groups in total. The summed E-state index contributed by atoms with van der Waals surface area (Å²) in [6.07, 6.45) is 0. The minimum Gasteiger partial charge on any atom is -0.507 e. The van der Waals surface area contributed by atoms with Crippen molar-refractivity contribution in [2.45, 2.75) is 32.7 Å². The Morgan fingerprint density at radius 1 is 1.03 bits per heavy atom. The van der Waals surface area contributed by atoms with Crippen LogP contribution in [0.5, 0.6) is 17.2 Å². The second-order valence-electron chi connectivity index (χ2n) is 8.99. The number of anilines is 1. The molecule has 1 unspecified atom stereocenters. The molecule has 2 heterocycles. The van der Waals surface area contributed by atoms with Crippen molar-refractivity contribution in [1.29, 1.82) is 0 Å². The minimum atomic E-state index is -0.831. The van der Waals surface area contributed by atoms with Crippen LogP contribution < -0.4 is 19.1 Å². The number of rotatable bonds is 6. The number of ketones is 1. The molecule has 0 bridgehead atoms. The van der Waals surface area contributed by atoms with Gasteiger partial charge in [-0.1, -0.05) is 50.2 Å². The molecule has 3 aromatic rings. The van der Waals surface area contributed by atoms with Crippen LogP contribution in [-0.4, -0.2) is 30.2 Å². The Bertz CT molecular complexity index is 1360. The highest BCUT2D eigenvalue weighted by atomic mass is 16.7. The maximum atomic E-state index is 13.4. The van der Waals surface area contributed by atoms with Crippen LogP contribution in [0, 0.1) is 0 Å². The molecule has 7 heteroatoms. The molecule has 1 amide bonds. The van der Waals surface area contributed by atoms with Crippen molar-refractivity contribution in [2.75, 3.05) is 18.3 Å². The average Bonchev–Trinajstić information content (AvgIpc) is 3.46. The van der Waals surface area contributed by atoms with Crippen LogP contribution in [-0.2, 0) is 9.59 Å². The number of hydrogen-bond donors (Lipinski definition) is 1. The third-order valence-electron chi connectivity index (χ3n) is 6.42. The summed E-state index contributed by atoms with van der Waals surface area (Å²) in [6.45, 7) is 6.61. The molecule has 1 atom stereocenters. The predicted octanol–water partition coefficient (Wildman–Crippen LogP) is 5.56. The molecule has 5 rings (SSSR count). The third-order valence-corrected chi connectivity index (χ3v) is 6.42. The van der Waals surface area contributed by atoms with Crippen LogP contribution in [0.3, 0.4) is 0 Å². The van der Waals surface area contributed by atoms with E-state index in [0.29, 0.717) is 46.6 Å². The van der Waals surface area contributed by atoms with E-state index in [0.717, 1.165) is 5.56 Å². The van der Waals surface area contributed by atoms with Gasteiger partial charge in [-0.05, 0) is 48.2 Å². The van der Waals surface area contributed by atoms with Crippen molar-refractivity contribution >= 4 is 23.1 Å². The van der Waals surface area contributed by atoms with Crippen LogP contribution in [0.4, 0.5) is 5.69 Å². The minimum absolute atomic E-state index is 0.0172. The molecule has 184 valence electrons. The van der Waals surface area contributed by atoms with E-state index >= 15 is 0 Å². The predicted molar refractivity (Wildman–Crippen MR) is 135 cm³/mol. The van der Waals surface area contributed by atoms with Crippen molar-refractivity contribution in [2.24, 2.45) is 0 Å². The Morgan fingerprint density at radius 2 is 1.78 bits per heavy atom. The molecular formula is C29H27NO6. The van der Waals surface area contributed by atoms with Gasteiger partial charge in [0.15, 0.2) is 11.5 Å². The van der Waals surface area contributed by atoms with Crippen LogP contribution in [0.15, 0.2) is 72.3 Å². The van der Waals surface area contributed by atoms with E-state index in [2.05, 4.69) is 13.8 Å². The van der Waals surface area contributed by atoms with Gasteiger partial charge in [0.1, 0.15) is 11.5 Å². The van der Waals surface area contributed by atoms with Gasteiger partial charge in [0, 0.05) is 17.3 Å². The van der Waals surface area contributed by atoms with Crippen LogP contribution in [0.1, 0.15) is 49.4 Å². The lowest BCUT2D eigenvalue weighted by Crippen LogP contribution is -2.29. The van der Waals surface area contributed by atoms with Gasteiger partial charge < -0.3 is 19.3 Å². The quantitative estimate of drug-likeness (QED) is 0.279. The van der Waals surface area contributed by atoms with Crippen molar-refractivity contribution < 1.29 is 28.9 Å². The van der Waals surface area contributed by atoms with Gasteiger partial charge in [-0.25, -0.2) is 0 Å². The maximum Gasteiger partial charge on any atom is 0.300 e. The maximum absolute atomic E-state index is 13.4. The second-order valence-corrected chi connectivity index (χ2v) is 8.99. The first-order chi connectivity index (χ1) is 17.4. The van der Waals surface area contributed by atoms with Crippen molar-refractivity contribution in [3.63, 3.8) is 0 Å². The van der Waals surface area contributed by atoms with Crippen molar-refractivity contribution in [3.05, 3.63) is 89.0 Å². The SMILES string of the molecule is CCOc1cccc(/C(O)=C2\C(=O)C(=O)N(c3ccc4c(c3)OCO4)C2c2ccc(C(C)C)cc2)c1. The summed E-state index contributed by atoms with van der Waals surface area (Å²) < 4.78 is 16.5. The van der Waals surface area contributed by atoms with Gasteiger partial charge in [0.05, 0.1) is 18.2 Å². The topological polar surface area (TPSA) is 85.3 Å². The first-order valence-electron chi connectivity index (χ1n) is 11.9. The molecule has 0 aliphatic carbocycles. The van der Waals surface area contributed by atoms with Crippen molar-refractivity contribution in [3.8, 4) is 17.2 Å². The number of benzene rings is 3. The number of aliphatic hydroxyl groups excluding tert-OH is 1. The number of amides is 1. The summed E-state index contributed by atoms with van der Waals surface area (Å²) in [5.74, 6) is 0.203. The molecule has 36 heavy (non-hydrogen) atoms. The molecule has 1 fully saturated rings. The van der Waals surface area contributed by atoms with Gasteiger partial charge in [-0.2, -0.15) is 0 Å². The van der Waals surface area contributed by atoms with E-state index in [4.69, 9.17) is 14.2 Å². The summed E-state index contributed by atoms with van der Waals surface area (Å²) in [7, 11) is 0. The molecule has 2 aliphatic rings. The fourth-order valence-electron chi connectivity index (χ4n) is 4.57. The Morgan fingerprint density at radius 3 is 2.50 bits per heavy atom. The number of ether oxygens (including phenoxy) is 3.